The van der Waals surface area contributed by atoms with E-state index in [0.29, 0.717) is 0 Å². The monoisotopic (exact) mass is 507 g/mol. The van der Waals surface area contributed by atoms with Crippen molar-refractivity contribution >= 4 is 49.3 Å². The topological polar surface area (TPSA) is 4.93 Å². The summed E-state index contributed by atoms with van der Waals surface area (Å²) in [6, 6.07) is 40.4. The van der Waals surface area contributed by atoms with Crippen LogP contribution in [-0.2, 0) is 0 Å². The molecule has 0 N–H and O–H groups in total. The van der Waals surface area contributed by atoms with Crippen molar-refractivity contribution in [3.63, 3.8) is 0 Å². The van der Waals surface area contributed by atoms with Crippen molar-refractivity contribution in [2.75, 3.05) is 0 Å². The molecule has 0 aliphatic carbocycles. The second-order valence-corrected chi connectivity index (χ2v) is 9.51. The highest BCUT2D eigenvalue weighted by Gasteiger charge is 2.13. The molecule has 5 aromatic carbocycles. The van der Waals surface area contributed by atoms with Crippen LogP contribution in [0.1, 0.15) is 0 Å². The van der Waals surface area contributed by atoms with Gasteiger partial charge in [-0.25, -0.2) is 0 Å². The number of aromatic nitrogens is 1. The van der Waals surface area contributed by atoms with Gasteiger partial charge in [0.1, 0.15) is 0 Å². The minimum absolute atomic E-state index is 0.734. The molecule has 0 aliphatic rings. The lowest BCUT2D eigenvalue weighted by Gasteiger charge is -2.10. The van der Waals surface area contributed by atoms with Gasteiger partial charge in [-0.15, -0.1) is 0 Å². The molecule has 0 atom stereocenters. The van der Waals surface area contributed by atoms with E-state index in [1.54, 1.807) is 0 Å². The van der Waals surface area contributed by atoms with Crippen LogP contribution in [-0.4, -0.2) is 4.57 Å². The van der Waals surface area contributed by atoms with Crippen molar-refractivity contribution in [3.05, 3.63) is 125 Å². The lowest BCUT2D eigenvalue weighted by atomic mass is 9.98. The minimum atomic E-state index is 0.734. The van der Waals surface area contributed by atoms with Gasteiger partial charge < -0.3 is 4.57 Å². The van der Waals surface area contributed by atoms with E-state index in [4.69, 9.17) is 11.6 Å². The lowest BCUT2D eigenvalue weighted by molar-refractivity contribution is 1.18. The van der Waals surface area contributed by atoms with Crippen molar-refractivity contribution in [2.24, 2.45) is 0 Å². The Balaban J connectivity index is 1.55. The molecule has 158 valence electrons. The molecule has 1 aromatic heterocycles. The summed E-state index contributed by atoms with van der Waals surface area (Å²) in [5.41, 5.74) is 8.08. The van der Waals surface area contributed by atoms with Gasteiger partial charge in [-0.1, -0.05) is 82.1 Å². The first-order chi connectivity index (χ1) is 16.2. The third-order valence-electron chi connectivity index (χ3n) is 6.10. The molecule has 0 saturated heterocycles. The predicted octanol–water partition coefficient (Wildman–Crippen LogP) is 9.53. The molecule has 6 aromatic rings. The molecule has 6 rings (SSSR count). The van der Waals surface area contributed by atoms with E-state index in [0.717, 1.165) is 37.4 Å². The Morgan fingerprint density at radius 3 is 1.94 bits per heavy atom. The van der Waals surface area contributed by atoms with Crippen LogP contribution in [0.5, 0.6) is 0 Å². The molecular formula is C30H19BrClN. The summed E-state index contributed by atoms with van der Waals surface area (Å²) in [5, 5.41) is 3.21. The van der Waals surface area contributed by atoms with Gasteiger partial charge in [0.15, 0.2) is 0 Å². The molecule has 33 heavy (non-hydrogen) atoms. The minimum Gasteiger partial charge on any atom is -0.309 e. The Kier molecular flexibility index (Phi) is 5.05. The zero-order valence-electron chi connectivity index (χ0n) is 17.7. The fourth-order valence-electron chi connectivity index (χ4n) is 4.57. The predicted molar refractivity (Wildman–Crippen MR) is 144 cm³/mol. The van der Waals surface area contributed by atoms with Crippen LogP contribution < -0.4 is 0 Å². The second kappa shape index (κ2) is 8.22. The summed E-state index contributed by atoms with van der Waals surface area (Å²) in [4.78, 5) is 0. The highest BCUT2D eigenvalue weighted by atomic mass is 79.9. The zero-order valence-corrected chi connectivity index (χ0v) is 20.0. The second-order valence-electron chi connectivity index (χ2n) is 8.16. The van der Waals surface area contributed by atoms with Gasteiger partial charge in [-0.2, -0.15) is 0 Å². The Morgan fingerprint density at radius 2 is 1.15 bits per heavy atom. The van der Waals surface area contributed by atoms with Gasteiger partial charge in [-0.3, -0.25) is 0 Å². The molecule has 0 amide bonds. The molecule has 1 nitrogen and oxygen atoms in total. The smallest absolute Gasteiger partial charge is 0.0541 e. The first-order valence-corrected chi connectivity index (χ1v) is 12.0. The third-order valence-corrected chi connectivity index (χ3v) is 6.84. The normalized spacial score (nSPS) is 11.3. The van der Waals surface area contributed by atoms with E-state index in [2.05, 4.69) is 124 Å². The molecule has 0 spiro atoms. The SMILES string of the molecule is Clc1cc(-c2ccc(Br)cc2)cc(-c2ccc3c(c2)c2ccccc2n3-c2ccccc2)c1. The summed E-state index contributed by atoms with van der Waals surface area (Å²) < 4.78 is 3.40. The van der Waals surface area contributed by atoms with Crippen LogP contribution in [0.3, 0.4) is 0 Å². The fourth-order valence-corrected chi connectivity index (χ4v) is 5.07. The number of rotatable bonds is 3. The van der Waals surface area contributed by atoms with Gasteiger partial charge in [0, 0.05) is 26.0 Å². The van der Waals surface area contributed by atoms with Crippen molar-refractivity contribution in [1.29, 1.82) is 0 Å². The zero-order chi connectivity index (χ0) is 22.4. The molecule has 1 heterocycles. The third kappa shape index (κ3) is 3.66. The van der Waals surface area contributed by atoms with Gasteiger partial charge in [0.05, 0.1) is 11.0 Å². The Morgan fingerprint density at radius 1 is 0.515 bits per heavy atom. The van der Waals surface area contributed by atoms with E-state index < -0.39 is 0 Å². The number of hydrogen-bond donors (Lipinski definition) is 0. The van der Waals surface area contributed by atoms with E-state index in [9.17, 15) is 0 Å². The van der Waals surface area contributed by atoms with E-state index in [1.165, 1.54) is 21.8 Å². The molecule has 0 aliphatic heterocycles. The van der Waals surface area contributed by atoms with Crippen molar-refractivity contribution in [2.45, 2.75) is 0 Å². The van der Waals surface area contributed by atoms with E-state index in [1.807, 2.05) is 12.1 Å². The van der Waals surface area contributed by atoms with E-state index >= 15 is 0 Å². The summed E-state index contributed by atoms with van der Waals surface area (Å²) in [6.45, 7) is 0. The van der Waals surface area contributed by atoms with Crippen LogP contribution >= 0.6 is 27.5 Å². The standard InChI is InChI=1S/C30H19BrClN/c31-24-13-10-20(11-14-24)22-16-23(18-25(32)17-22)21-12-15-30-28(19-21)27-8-4-5-9-29(27)33(30)26-6-2-1-3-7-26/h1-19H. The number of fused-ring (bicyclic) bond motifs is 3. The van der Waals surface area contributed by atoms with Crippen molar-refractivity contribution in [3.8, 4) is 27.9 Å². The average molecular weight is 509 g/mol. The van der Waals surface area contributed by atoms with Crippen LogP contribution in [0.4, 0.5) is 0 Å². The van der Waals surface area contributed by atoms with Crippen LogP contribution in [0.2, 0.25) is 5.02 Å². The number of para-hydroxylation sites is 2. The number of nitrogens with zero attached hydrogens (tertiary/aromatic N) is 1. The maximum absolute atomic E-state index is 6.57. The van der Waals surface area contributed by atoms with Crippen molar-refractivity contribution < 1.29 is 0 Å². The number of hydrogen-bond acceptors (Lipinski definition) is 0. The maximum atomic E-state index is 6.57. The average Bonchev–Trinajstić information content (AvgIpc) is 3.18. The summed E-state index contributed by atoms with van der Waals surface area (Å²) in [7, 11) is 0. The Bertz CT molecular complexity index is 1620. The number of benzene rings is 5. The Hall–Kier alpha value is -3.33. The first kappa shape index (κ1) is 20.3. The molecule has 0 unspecified atom stereocenters. The molecule has 0 saturated carbocycles. The molecule has 0 fully saturated rings. The first-order valence-electron chi connectivity index (χ1n) is 10.8. The van der Waals surface area contributed by atoms with Gasteiger partial charge in [-0.05, 0) is 82.9 Å². The highest BCUT2D eigenvalue weighted by molar-refractivity contribution is 9.10. The largest absolute Gasteiger partial charge is 0.309 e. The summed E-state index contributed by atoms with van der Waals surface area (Å²) in [5.74, 6) is 0. The van der Waals surface area contributed by atoms with Gasteiger partial charge >= 0.3 is 0 Å². The van der Waals surface area contributed by atoms with Gasteiger partial charge in [0.25, 0.3) is 0 Å². The van der Waals surface area contributed by atoms with Crippen LogP contribution in [0.25, 0.3) is 49.7 Å². The summed E-state index contributed by atoms with van der Waals surface area (Å²) >= 11 is 10.1. The molecule has 0 radical (unpaired) electrons. The molecule has 3 heteroatoms. The van der Waals surface area contributed by atoms with Crippen LogP contribution in [0, 0.1) is 0 Å². The van der Waals surface area contributed by atoms with Crippen molar-refractivity contribution in [1.82, 2.24) is 4.57 Å². The molecule has 0 bridgehead atoms. The molecular weight excluding hydrogens is 490 g/mol. The quantitative estimate of drug-likeness (QED) is 0.224. The summed E-state index contributed by atoms with van der Waals surface area (Å²) in [6.07, 6.45) is 0. The Labute approximate surface area is 206 Å². The fraction of sp³-hybridized carbons (Fsp3) is 0. The van der Waals surface area contributed by atoms with Gasteiger partial charge in [0.2, 0.25) is 0 Å². The number of halogens is 2. The highest BCUT2D eigenvalue weighted by Crippen LogP contribution is 2.36. The van der Waals surface area contributed by atoms with Crippen LogP contribution in [0.15, 0.2) is 120 Å². The van der Waals surface area contributed by atoms with E-state index in [-0.39, 0.29) is 0 Å². The lowest BCUT2D eigenvalue weighted by Crippen LogP contribution is -1.92. The maximum Gasteiger partial charge on any atom is 0.0541 e.